The second kappa shape index (κ2) is 9.93. The molecule has 3 rings (SSSR count). The van der Waals surface area contributed by atoms with Crippen molar-refractivity contribution in [3.63, 3.8) is 0 Å². The first kappa shape index (κ1) is 22.1. The van der Waals surface area contributed by atoms with Gasteiger partial charge >= 0.3 is 0 Å². The van der Waals surface area contributed by atoms with Crippen molar-refractivity contribution in [2.45, 2.75) is 57.8 Å². The second-order valence-electron chi connectivity index (χ2n) is 7.92. The predicted octanol–water partition coefficient (Wildman–Crippen LogP) is 3.65. The third kappa shape index (κ3) is 4.92. The van der Waals surface area contributed by atoms with Crippen molar-refractivity contribution >= 4 is 34.3 Å². The summed E-state index contributed by atoms with van der Waals surface area (Å²) in [4.78, 5) is 25.2. The minimum atomic E-state index is -0.130. The Kier molecular flexibility index (Phi) is 7.31. The van der Waals surface area contributed by atoms with Crippen LogP contribution in [0.4, 0.5) is 0 Å². The molecular formula is C22H29N5O2S. The Hall–Kier alpha value is -2.61. The highest BCUT2D eigenvalue weighted by molar-refractivity contribution is 7.99. The summed E-state index contributed by atoms with van der Waals surface area (Å²) in [5, 5.41) is 12.7. The molecule has 30 heavy (non-hydrogen) atoms. The zero-order valence-electron chi connectivity index (χ0n) is 17.8. The third-order valence-corrected chi connectivity index (χ3v) is 5.88. The number of allylic oxidation sites excluding steroid dienone is 1. The molecule has 0 aliphatic carbocycles. The monoisotopic (exact) mass is 427 g/mol. The van der Waals surface area contributed by atoms with E-state index in [1.165, 1.54) is 18.2 Å². The summed E-state index contributed by atoms with van der Waals surface area (Å²) in [5.74, 6) is 1.34. The van der Waals surface area contributed by atoms with E-state index >= 15 is 0 Å². The molecule has 1 N–H and O–H groups in total. The molecule has 7 nitrogen and oxygen atoms in total. The van der Waals surface area contributed by atoms with Crippen LogP contribution >= 0.6 is 11.8 Å². The van der Waals surface area contributed by atoms with Gasteiger partial charge in [0.1, 0.15) is 0 Å². The molecule has 0 fully saturated rings. The zero-order valence-corrected chi connectivity index (χ0v) is 18.6. The van der Waals surface area contributed by atoms with Crippen LogP contribution in [0.5, 0.6) is 0 Å². The van der Waals surface area contributed by atoms with Crippen molar-refractivity contribution in [1.82, 2.24) is 24.5 Å². The summed E-state index contributed by atoms with van der Waals surface area (Å²) >= 11 is 1.32. The predicted molar refractivity (Wildman–Crippen MR) is 122 cm³/mol. The van der Waals surface area contributed by atoms with Gasteiger partial charge in [0.2, 0.25) is 11.7 Å². The van der Waals surface area contributed by atoms with E-state index in [0.717, 1.165) is 18.4 Å². The minimum Gasteiger partial charge on any atom is -0.353 e. The van der Waals surface area contributed by atoms with Gasteiger partial charge in [-0.25, -0.2) is 0 Å². The first-order valence-electron chi connectivity index (χ1n) is 10.3. The van der Waals surface area contributed by atoms with Crippen LogP contribution in [-0.4, -0.2) is 36.9 Å². The van der Waals surface area contributed by atoms with Crippen molar-refractivity contribution in [3.8, 4) is 0 Å². The normalized spacial score (nSPS) is 12.5. The molecule has 160 valence electrons. The summed E-state index contributed by atoms with van der Waals surface area (Å²) in [5.41, 5.74) is 0.600. The Morgan fingerprint density at radius 1 is 1.23 bits per heavy atom. The minimum absolute atomic E-state index is 0.0301. The third-order valence-electron chi connectivity index (χ3n) is 4.95. The molecule has 0 saturated heterocycles. The van der Waals surface area contributed by atoms with Gasteiger partial charge in [0.15, 0.2) is 5.16 Å². The number of carbonyl (C=O) groups is 1. The first-order chi connectivity index (χ1) is 14.4. The van der Waals surface area contributed by atoms with Crippen LogP contribution in [0.15, 0.2) is 46.9 Å². The maximum Gasteiger partial charge on any atom is 0.263 e. The molecular weight excluding hydrogens is 398 g/mol. The number of hydrogen-bond donors (Lipinski definition) is 1. The number of fused-ring (bicyclic) bond motifs is 3. The summed E-state index contributed by atoms with van der Waals surface area (Å²) in [6.45, 7) is 10.5. The first-order valence-corrected chi connectivity index (χ1v) is 11.3. The Balaban J connectivity index is 1.78. The van der Waals surface area contributed by atoms with E-state index in [-0.39, 0.29) is 23.3 Å². The summed E-state index contributed by atoms with van der Waals surface area (Å²) in [7, 11) is 0. The largest absolute Gasteiger partial charge is 0.353 e. The molecule has 1 amide bonds. The van der Waals surface area contributed by atoms with Crippen LogP contribution in [0.25, 0.3) is 16.7 Å². The molecule has 2 aromatic heterocycles. The van der Waals surface area contributed by atoms with Gasteiger partial charge < -0.3 is 5.32 Å². The van der Waals surface area contributed by atoms with E-state index in [1.54, 1.807) is 16.7 Å². The number of nitrogens with one attached hydrogen (secondary N) is 1. The van der Waals surface area contributed by atoms with E-state index in [1.807, 2.05) is 29.5 Å². The van der Waals surface area contributed by atoms with Gasteiger partial charge in [-0.2, -0.15) is 0 Å². The van der Waals surface area contributed by atoms with Gasteiger partial charge in [0, 0.05) is 12.6 Å². The van der Waals surface area contributed by atoms with Crippen molar-refractivity contribution in [2.24, 2.45) is 5.92 Å². The van der Waals surface area contributed by atoms with Crippen molar-refractivity contribution < 1.29 is 4.79 Å². The number of rotatable bonds is 10. The topological polar surface area (TPSA) is 81.3 Å². The number of nitrogens with zero attached hydrogens (tertiary/aromatic N) is 4. The average Bonchev–Trinajstić information content (AvgIpc) is 3.13. The number of benzene rings is 1. The van der Waals surface area contributed by atoms with Gasteiger partial charge in [-0.15, -0.1) is 16.8 Å². The van der Waals surface area contributed by atoms with E-state index in [9.17, 15) is 9.59 Å². The van der Waals surface area contributed by atoms with Gasteiger partial charge in [-0.1, -0.05) is 56.7 Å². The van der Waals surface area contributed by atoms with Crippen LogP contribution in [0, 0.1) is 5.92 Å². The lowest BCUT2D eigenvalue weighted by molar-refractivity contribution is -0.119. The highest BCUT2D eigenvalue weighted by atomic mass is 32.2. The molecule has 0 aliphatic heterocycles. The molecule has 1 aromatic carbocycles. The number of amides is 1. The number of hydrogen-bond acceptors (Lipinski definition) is 5. The van der Waals surface area contributed by atoms with Crippen molar-refractivity contribution in [3.05, 3.63) is 47.3 Å². The van der Waals surface area contributed by atoms with Crippen LogP contribution < -0.4 is 10.9 Å². The van der Waals surface area contributed by atoms with Crippen LogP contribution in [0.1, 0.15) is 40.0 Å². The fourth-order valence-corrected chi connectivity index (χ4v) is 4.22. The maximum absolute atomic E-state index is 12.8. The average molecular weight is 428 g/mol. The molecule has 2 heterocycles. The van der Waals surface area contributed by atoms with Crippen molar-refractivity contribution in [1.29, 1.82) is 0 Å². The highest BCUT2D eigenvalue weighted by Crippen LogP contribution is 2.21. The zero-order chi connectivity index (χ0) is 21.7. The maximum atomic E-state index is 12.8. The Labute approximate surface area is 180 Å². The van der Waals surface area contributed by atoms with Crippen molar-refractivity contribution in [2.75, 3.05) is 5.75 Å². The molecule has 1 atom stereocenters. The molecule has 0 bridgehead atoms. The summed E-state index contributed by atoms with van der Waals surface area (Å²) in [6.07, 6.45) is 4.90. The number of thioether (sulfide) groups is 1. The lowest BCUT2D eigenvalue weighted by Gasteiger charge is -2.14. The molecule has 8 heteroatoms. The molecule has 1 unspecified atom stereocenters. The molecule has 3 aromatic rings. The Morgan fingerprint density at radius 3 is 2.73 bits per heavy atom. The standard InChI is InChI=1S/C22H29N5O2S/c1-5-13-26-20(29)17-11-6-7-12-18(17)27-21(26)24-25-22(27)30-14-19(28)23-16(4)10-8-9-15(2)3/h5-7,11-12,15-16H,1,8-10,13-14H2,2-4H3,(H,23,28). The van der Waals surface area contributed by atoms with E-state index in [4.69, 9.17) is 0 Å². The SMILES string of the molecule is C=CCn1c(=O)c2ccccc2n2c(SCC(=O)NC(C)CCCC(C)C)nnc12. The van der Waals surface area contributed by atoms with Crippen LogP contribution in [0.2, 0.25) is 0 Å². The van der Waals surface area contributed by atoms with E-state index < -0.39 is 0 Å². The quantitative estimate of drug-likeness (QED) is 0.394. The van der Waals surface area contributed by atoms with Crippen LogP contribution in [-0.2, 0) is 11.3 Å². The van der Waals surface area contributed by atoms with Crippen LogP contribution in [0.3, 0.4) is 0 Å². The highest BCUT2D eigenvalue weighted by Gasteiger charge is 2.17. The smallest absolute Gasteiger partial charge is 0.263 e. The molecule has 0 spiro atoms. The second-order valence-corrected chi connectivity index (χ2v) is 8.86. The summed E-state index contributed by atoms with van der Waals surface area (Å²) in [6, 6.07) is 7.51. The lowest BCUT2D eigenvalue weighted by Crippen LogP contribution is -2.33. The number of carbonyl (C=O) groups excluding carboxylic acids is 1. The van der Waals surface area contributed by atoms with E-state index in [0.29, 0.717) is 28.8 Å². The summed E-state index contributed by atoms with van der Waals surface area (Å²) < 4.78 is 3.38. The fourth-order valence-electron chi connectivity index (χ4n) is 3.47. The Bertz CT molecular complexity index is 1100. The molecule has 0 radical (unpaired) electrons. The number of aromatic nitrogens is 4. The lowest BCUT2D eigenvalue weighted by atomic mass is 10.0. The van der Waals surface area contributed by atoms with Gasteiger partial charge in [0.05, 0.1) is 16.7 Å². The van der Waals surface area contributed by atoms with Gasteiger partial charge in [-0.05, 0) is 31.4 Å². The fraction of sp³-hybridized carbons (Fsp3) is 0.455. The van der Waals surface area contributed by atoms with Gasteiger partial charge in [-0.3, -0.25) is 18.6 Å². The Morgan fingerprint density at radius 2 is 2.00 bits per heavy atom. The molecule has 0 aliphatic rings. The number of para-hydroxylation sites is 1. The van der Waals surface area contributed by atoms with Gasteiger partial charge in [0.25, 0.3) is 5.56 Å². The van der Waals surface area contributed by atoms with E-state index in [2.05, 4.69) is 35.9 Å². The molecule has 0 saturated carbocycles.